The Bertz CT molecular complexity index is 675. The van der Waals surface area contributed by atoms with Crippen molar-refractivity contribution in [2.45, 2.75) is 51.9 Å². The number of para-hydroxylation sites is 1. The molecule has 2 aromatic rings. The van der Waals surface area contributed by atoms with E-state index in [1.165, 1.54) is 38.5 Å². The third-order valence-electron chi connectivity index (χ3n) is 4.59. The summed E-state index contributed by atoms with van der Waals surface area (Å²) in [5.74, 6) is 1.63. The number of unbranched alkanes of at least 4 members (excludes halogenated alkanes) is 2. The highest BCUT2D eigenvalue weighted by Gasteiger charge is 2.16. The first kappa shape index (κ1) is 18.4. The van der Waals surface area contributed by atoms with Crippen LogP contribution >= 0.6 is 0 Å². The van der Waals surface area contributed by atoms with Crippen molar-refractivity contribution in [2.75, 3.05) is 19.7 Å². The van der Waals surface area contributed by atoms with Crippen molar-refractivity contribution >= 4 is 5.84 Å². The second-order valence-electron chi connectivity index (χ2n) is 6.68. The minimum Gasteiger partial charge on any atom is -0.493 e. The second kappa shape index (κ2) is 9.94. The summed E-state index contributed by atoms with van der Waals surface area (Å²) in [6.45, 7) is 4.89. The Morgan fingerprint density at radius 3 is 2.65 bits per heavy atom. The Morgan fingerprint density at radius 2 is 1.92 bits per heavy atom. The molecule has 1 aromatic heterocycles. The molecule has 0 unspecified atom stereocenters. The number of rotatable bonds is 7. The lowest BCUT2D eigenvalue weighted by molar-refractivity contribution is 0.296. The molecule has 3 rings (SSSR count). The largest absolute Gasteiger partial charge is 0.493 e. The van der Waals surface area contributed by atoms with Crippen molar-refractivity contribution in [2.24, 2.45) is 5.10 Å². The first-order chi connectivity index (χ1) is 12.9. The summed E-state index contributed by atoms with van der Waals surface area (Å²) in [5.41, 5.74) is 0.957. The van der Waals surface area contributed by atoms with Gasteiger partial charge < -0.3 is 4.74 Å². The standard InChI is InChI=1S/C20H29N5O/c1-2-3-10-15-26-19-12-7-6-11-18(19)20(25-17-21-16-22-25)23-24-13-8-4-5-9-14-24/h6-7,11-12,16-17H,2-5,8-10,13-15H2,1H3. The number of nitrogens with zero attached hydrogens (tertiary/aromatic N) is 5. The van der Waals surface area contributed by atoms with Crippen LogP contribution in [0.2, 0.25) is 0 Å². The summed E-state index contributed by atoms with van der Waals surface area (Å²) in [4.78, 5) is 4.11. The van der Waals surface area contributed by atoms with Crippen LogP contribution in [-0.4, -0.2) is 45.3 Å². The average molecular weight is 355 g/mol. The maximum Gasteiger partial charge on any atom is 0.185 e. The zero-order valence-electron chi connectivity index (χ0n) is 15.7. The molecule has 0 atom stereocenters. The van der Waals surface area contributed by atoms with Crippen LogP contribution in [0.15, 0.2) is 42.0 Å². The highest BCUT2D eigenvalue weighted by Crippen LogP contribution is 2.21. The van der Waals surface area contributed by atoms with E-state index in [0.717, 1.165) is 43.3 Å². The fourth-order valence-corrected chi connectivity index (χ4v) is 3.14. The molecule has 6 heteroatoms. The van der Waals surface area contributed by atoms with Gasteiger partial charge in [0.2, 0.25) is 0 Å². The number of hydrogen-bond acceptors (Lipinski definition) is 5. The Kier molecular flexibility index (Phi) is 7.05. The first-order valence-electron chi connectivity index (χ1n) is 9.79. The second-order valence-corrected chi connectivity index (χ2v) is 6.68. The predicted molar refractivity (Wildman–Crippen MR) is 103 cm³/mol. The fourth-order valence-electron chi connectivity index (χ4n) is 3.14. The lowest BCUT2D eigenvalue weighted by Gasteiger charge is -2.19. The number of benzene rings is 1. The SMILES string of the molecule is CCCCCOc1ccccc1C(=NN1CCCCCC1)n1cncn1. The summed E-state index contributed by atoms with van der Waals surface area (Å²) in [5, 5.41) is 11.4. The van der Waals surface area contributed by atoms with E-state index >= 15 is 0 Å². The molecule has 0 amide bonds. The van der Waals surface area contributed by atoms with Crippen molar-refractivity contribution in [3.05, 3.63) is 42.5 Å². The van der Waals surface area contributed by atoms with Crippen LogP contribution in [0.4, 0.5) is 0 Å². The molecule has 1 aliphatic rings. The highest BCUT2D eigenvalue weighted by molar-refractivity contribution is 6.01. The molecule has 0 spiro atoms. The molecule has 0 bridgehead atoms. The fraction of sp³-hybridized carbons (Fsp3) is 0.550. The van der Waals surface area contributed by atoms with Crippen LogP contribution in [0.25, 0.3) is 0 Å². The van der Waals surface area contributed by atoms with Crippen molar-refractivity contribution in [1.82, 2.24) is 19.8 Å². The molecule has 1 fully saturated rings. The van der Waals surface area contributed by atoms with Crippen LogP contribution in [-0.2, 0) is 0 Å². The quantitative estimate of drug-likeness (QED) is 0.429. The molecule has 0 N–H and O–H groups in total. The van der Waals surface area contributed by atoms with Gasteiger partial charge in [-0.3, -0.25) is 5.01 Å². The van der Waals surface area contributed by atoms with Gasteiger partial charge >= 0.3 is 0 Å². The Hall–Kier alpha value is -2.37. The normalized spacial score (nSPS) is 15.7. The van der Waals surface area contributed by atoms with Gasteiger partial charge in [0, 0.05) is 13.1 Å². The van der Waals surface area contributed by atoms with Crippen LogP contribution in [0.5, 0.6) is 5.75 Å². The topological polar surface area (TPSA) is 55.5 Å². The van der Waals surface area contributed by atoms with Crippen molar-refractivity contribution in [1.29, 1.82) is 0 Å². The highest BCUT2D eigenvalue weighted by atomic mass is 16.5. The van der Waals surface area contributed by atoms with Gasteiger partial charge in [-0.1, -0.05) is 44.7 Å². The van der Waals surface area contributed by atoms with E-state index in [0.29, 0.717) is 0 Å². The number of hydrogen-bond donors (Lipinski definition) is 0. The van der Waals surface area contributed by atoms with Crippen molar-refractivity contribution < 1.29 is 4.74 Å². The van der Waals surface area contributed by atoms with E-state index in [9.17, 15) is 0 Å². The van der Waals surface area contributed by atoms with Gasteiger partial charge in [0.25, 0.3) is 0 Å². The summed E-state index contributed by atoms with van der Waals surface area (Å²) in [6.07, 6.45) is 11.6. The summed E-state index contributed by atoms with van der Waals surface area (Å²) in [7, 11) is 0. The molecule has 0 saturated carbocycles. The maximum absolute atomic E-state index is 6.07. The minimum atomic E-state index is 0.721. The summed E-state index contributed by atoms with van der Waals surface area (Å²) < 4.78 is 7.81. The summed E-state index contributed by atoms with van der Waals surface area (Å²) in [6, 6.07) is 8.08. The van der Waals surface area contributed by atoms with Crippen LogP contribution in [0, 0.1) is 0 Å². The van der Waals surface area contributed by atoms with Gasteiger partial charge in [0.05, 0.1) is 12.2 Å². The van der Waals surface area contributed by atoms with Gasteiger partial charge in [0.15, 0.2) is 5.84 Å². The third kappa shape index (κ3) is 5.07. The van der Waals surface area contributed by atoms with E-state index in [4.69, 9.17) is 9.84 Å². The molecule has 140 valence electrons. The van der Waals surface area contributed by atoms with Gasteiger partial charge in [-0.05, 0) is 31.4 Å². The monoisotopic (exact) mass is 355 g/mol. The number of aromatic nitrogens is 3. The van der Waals surface area contributed by atoms with E-state index in [2.05, 4.69) is 22.0 Å². The third-order valence-corrected chi connectivity index (χ3v) is 4.59. The molecule has 0 radical (unpaired) electrons. The first-order valence-corrected chi connectivity index (χ1v) is 9.79. The van der Waals surface area contributed by atoms with Crippen LogP contribution in [0.3, 0.4) is 0 Å². The average Bonchev–Trinajstić information content (AvgIpc) is 3.08. The zero-order chi connectivity index (χ0) is 18.0. The van der Waals surface area contributed by atoms with Gasteiger partial charge in [-0.2, -0.15) is 10.2 Å². The zero-order valence-corrected chi connectivity index (χ0v) is 15.7. The lowest BCUT2D eigenvalue weighted by Crippen LogP contribution is -2.25. The van der Waals surface area contributed by atoms with E-state index < -0.39 is 0 Å². The number of hydrazone groups is 1. The molecule has 1 saturated heterocycles. The van der Waals surface area contributed by atoms with E-state index in [1.54, 1.807) is 17.3 Å². The number of ether oxygens (including phenoxy) is 1. The Balaban J connectivity index is 1.87. The van der Waals surface area contributed by atoms with E-state index in [1.807, 2.05) is 24.3 Å². The van der Waals surface area contributed by atoms with Gasteiger partial charge in [-0.15, -0.1) is 0 Å². The maximum atomic E-state index is 6.07. The molecule has 6 nitrogen and oxygen atoms in total. The van der Waals surface area contributed by atoms with Crippen LogP contribution < -0.4 is 4.74 Å². The van der Waals surface area contributed by atoms with E-state index in [-0.39, 0.29) is 0 Å². The molecule has 1 aromatic carbocycles. The molecular weight excluding hydrogens is 326 g/mol. The van der Waals surface area contributed by atoms with Gasteiger partial charge in [0.1, 0.15) is 18.4 Å². The Labute approximate surface area is 155 Å². The summed E-state index contributed by atoms with van der Waals surface area (Å²) >= 11 is 0. The van der Waals surface area contributed by atoms with Crippen LogP contribution in [0.1, 0.15) is 57.4 Å². The molecule has 0 aliphatic carbocycles. The molecule has 1 aliphatic heterocycles. The minimum absolute atomic E-state index is 0.721. The molecule has 2 heterocycles. The van der Waals surface area contributed by atoms with Gasteiger partial charge in [-0.25, -0.2) is 9.67 Å². The predicted octanol–water partition coefficient (Wildman–Crippen LogP) is 3.93. The van der Waals surface area contributed by atoms with Crippen molar-refractivity contribution in [3.63, 3.8) is 0 Å². The lowest BCUT2D eigenvalue weighted by atomic mass is 10.2. The van der Waals surface area contributed by atoms with Crippen molar-refractivity contribution in [3.8, 4) is 5.75 Å². The molecular formula is C20H29N5O. The Morgan fingerprint density at radius 1 is 1.12 bits per heavy atom. The molecule has 26 heavy (non-hydrogen) atoms. The smallest absolute Gasteiger partial charge is 0.185 e.